The minimum atomic E-state index is -0.110. The highest BCUT2D eigenvalue weighted by Crippen LogP contribution is 2.30. The summed E-state index contributed by atoms with van der Waals surface area (Å²) in [5, 5.41) is 9.22. The molecule has 0 bridgehead atoms. The van der Waals surface area contributed by atoms with Gasteiger partial charge in [0.15, 0.2) is 0 Å². The standard InChI is InChI=1S/C19H22N4O2/c1-13-21-22-19(25-13)17-9-3-2-6-10-23(17)18(24)11-14-12-20-16-8-5-4-7-15(14)16/h4-5,7-8,12,17,20H,2-3,6,9-11H2,1H3. The molecule has 6 nitrogen and oxygen atoms in total. The number of benzene rings is 1. The van der Waals surface area contributed by atoms with Crippen LogP contribution in [0.15, 0.2) is 34.9 Å². The van der Waals surface area contributed by atoms with Crippen LogP contribution < -0.4 is 0 Å². The molecular formula is C19H22N4O2. The van der Waals surface area contributed by atoms with Crippen molar-refractivity contribution in [3.63, 3.8) is 0 Å². The Kier molecular flexibility index (Phi) is 4.26. The van der Waals surface area contributed by atoms with Crippen molar-refractivity contribution in [2.24, 2.45) is 0 Å². The fraction of sp³-hybridized carbons (Fsp3) is 0.421. The van der Waals surface area contributed by atoms with E-state index in [1.807, 2.05) is 29.3 Å². The molecule has 1 N–H and O–H groups in total. The van der Waals surface area contributed by atoms with Gasteiger partial charge in [-0.15, -0.1) is 10.2 Å². The molecular weight excluding hydrogens is 316 g/mol. The predicted octanol–water partition coefficient (Wildman–Crippen LogP) is 3.55. The number of rotatable bonds is 3. The Hall–Kier alpha value is -2.63. The van der Waals surface area contributed by atoms with Crippen molar-refractivity contribution in [3.8, 4) is 0 Å². The van der Waals surface area contributed by atoms with Crippen LogP contribution in [0.3, 0.4) is 0 Å². The van der Waals surface area contributed by atoms with Gasteiger partial charge in [0.1, 0.15) is 6.04 Å². The van der Waals surface area contributed by atoms with Crippen molar-refractivity contribution < 1.29 is 9.21 Å². The Bertz CT molecular complexity index is 882. The quantitative estimate of drug-likeness (QED) is 0.792. The second-order valence-corrected chi connectivity index (χ2v) is 6.65. The lowest BCUT2D eigenvalue weighted by Gasteiger charge is -2.27. The molecule has 1 atom stereocenters. The maximum Gasteiger partial charge on any atom is 0.238 e. The Morgan fingerprint density at radius 1 is 1.28 bits per heavy atom. The first-order valence-corrected chi connectivity index (χ1v) is 8.87. The SMILES string of the molecule is Cc1nnc(C2CCCCCN2C(=O)Cc2c[nH]c3ccccc23)o1. The molecule has 25 heavy (non-hydrogen) atoms. The van der Waals surface area contributed by atoms with Crippen LogP contribution in [0, 0.1) is 6.92 Å². The Morgan fingerprint density at radius 2 is 2.16 bits per heavy atom. The fourth-order valence-electron chi connectivity index (χ4n) is 3.65. The van der Waals surface area contributed by atoms with Gasteiger partial charge < -0.3 is 14.3 Å². The van der Waals surface area contributed by atoms with E-state index in [-0.39, 0.29) is 11.9 Å². The molecule has 1 aromatic carbocycles. The number of amides is 1. The molecule has 1 fully saturated rings. The van der Waals surface area contributed by atoms with Crippen LogP contribution in [-0.4, -0.2) is 32.5 Å². The molecule has 3 aromatic rings. The summed E-state index contributed by atoms with van der Waals surface area (Å²) >= 11 is 0. The van der Waals surface area contributed by atoms with Gasteiger partial charge >= 0.3 is 0 Å². The Labute approximate surface area is 146 Å². The molecule has 1 unspecified atom stereocenters. The van der Waals surface area contributed by atoms with Gasteiger partial charge in [0.05, 0.1) is 6.42 Å². The molecule has 0 radical (unpaired) electrons. The summed E-state index contributed by atoms with van der Waals surface area (Å²) in [6.45, 7) is 2.53. The maximum absolute atomic E-state index is 13.1. The minimum absolute atomic E-state index is 0.110. The summed E-state index contributed by atoms with van der Waals surface area (Å²) in [5.74, 6) is 1.22. The number of aromatic amines is 1. The van der Waals surface area contributed by atoms with E-state index in [0.717, 1.165) is 48.7 Å². The lowest BCUT2D eigenvalue weighted by molar-refractivity contribution is -0.133. The van der Waals surface area contributed by atoms with E-state index >= 15 is 0 Å². The summed E-state index contributed by atoms with van der Waals surface area (Å²) in [5.41, 5.74) is 2.09. The molecule has 1 aliphatic heterocycles. The van der Waals surface area contributed by atoms with Gasteiger partial charge in [-0.3, -0.25) is 4.79 Å². The highest BCUT2D eigenvalue weighted by molar-refractivity contribution is 5.89. The van der Waals surface area contributed by atoms with Crippen molar-refractivity contribution in [2.45, 2.75) is 45.1 Å². The molecule has 1 aliphatic rings. The molecule has 3 heterocycles. The summed E-state index contributed by atoms with van der Waals surface area (Å²) in [7, 11) is 0. The number of carbonyl (C=O) groups is 1. The van der Waals surface area contributed by atoms with Crippen LogP contribution in [0.25, 0.3) is 10.9 Å². The number of hydrogen-bond acceptors (Lipinski definition) is 4. The molecule has 2 aromatic heterocycles. The van der Waals surface area contributed by atoms with E-state index in [0.29, 0.717) is 18.2 Å². The number of fused-ring (bicyclic) bond motifs is 1. The number of aromatic nitrogens is 3. The second kappa shape index (κ2) is 6.70. The molecule has 0 aliphatic carbocycles. The van der Waals surface area contributed by atoms with Gasteiger partial charge in [-0.1, -0.05) is 31.0 Å². The Morgan fingerprint density at radius 3 is 3.00 bits per heavy atom. The van der Waals surface area contributed by atoms with Crippen LogP contribution in [0.1, 0.15) is 49.1 Å². The monoisotopic (exact) mass is 338 g/mol. The molecule has 0 spiro atoms. The zero-order valence-electron chi connectivity index (χ0n) is 14.4. The van der Waals surface area contributed by atoms with E-state index in [2.05, 4.69) is 21.2 Å². The molecule has 1 amide bonds. The first-order chi connectivity index (χ1) is 12.2. The highest BCUT2D eigenvalue weighted by atomic mass is 16.4. The summed E-state index contributed by atoms with van der Waals surface area (Å²) in [6.07, 6.45) is 6.41. The smallest absolute Gasteiger partial charge is 0.238 e. The van der Waals surface area contributed by atoms with E-state index in [9.17, 15) is 4.79 Å². The number of para-hydroxylation sites is 1. The number of nitrogens with one attached hydrogen (secondary N) is 1. The molecule has 130 valence electrons. The Balaban J connectivity index is 1.59. The van der Waals surface area contributed by atoms with Crippen LogP contribution in [0.4, 0.5) is 0 Å². The van der Waals surface area contributed by atoms with Crippen LogP contribution >= 0.6 is 0 Å². The van der Waals surface area contributed by atoms with E-state index in [1.54, 1.807) is 6.92 Å². The lowest BCUT2D eigenvalue weighted by Crippen LogP contribution is -2.36. The van der Waals surface area contributed by atoms with Crippen molar-refractivity contribution in [3.05, 3.63) is 47.8 Å². The second-order valence-electron chi connectivity index (χ2n) is 6.65. The average molecular weight is 338 g/mol. The van der Waals surface area contributed by atoms with Crippen molar-refractivity contribution in [1.82, 2.24) is 20.1 Å². The van der Waals surface area contributed by atoms with Crippen molar-refractivity contribution >= 4 is 16.8 Å². The van der Waals surface area contributed by atoms with Gasteiger partial charge in [0.25, 0.3) is 0 Å². The van der Waals surface area contributed by atoms with Crippen molar-refractivity contribution in [2.75, 3.05) is 6.54 Å². The third-order valence-electron chi connectivity index (χ3n) is 4.92. The number of hydrogen-bond donors (Lipinski definition) is 1. The molecule has 0 saturated carbocycles. The zero-order valence-corrected chi connectivity index (χ0v) is 14.4. The van der Waals surface area contributed by atoms with Crippen LogP contribution in [-0.2, 0) is 11.2 Å². The number of H-pyrrole nitrogens is 1. The topological polar surface area (TPSA) is 75.0 Å². The zero-order chi connectivity index (χ0) is 17.2. The number of nitrogens with zero attached hydrogens (tertiary/aromatic N) is 3. The van der Waals surface area contributed by atoms with Gasteiger partial charge in [0.2, 0.25) is 17.7 Å². The average Bonchev–Trinajstić information content (AvgIpc) is 3.14. The van der Waals surface area contributed by atoms with Gasteiger partial charge in [-0.05, 0) is 24.5 Å². The molecule has 6 heteroatoms. The fourth-order valence-corrected chi connectivity index (χ4v) is 3.65. The minimum Gasteiger partial charge on any atom is -0.423 e. The van der Waals surface area contributed by atoms with E-state index in [1.165, 1.54) is 0 Å². The summed E-state index contributed by atoms with van der Waals surface area (Å²) < 4.78 is 5.64. The van der Waals surface area contributed by atoms with Gasteiger partial charge in [-0.25, -0.2) is 0 Å². The van der Waals surface area contributed by atoms with Crippen molar-refractivity contribution in [1.29, 1.82) is 0 Å². The van der Waals surface area contributed by atoms with E-state index in [4.69, 9.17) is 4.42 Å². The summed E-state index contributed by atoms with van der Waals surface area (Å²) in [4.78, 5) is 18.3. The third-order valence-corrected chi connectivity index (χ3v) is 4.92. The van der Waals surface area contributed by atoms with E-state index < -0.39 is 0 Å². The predicted molar refractivity (Wildman–Crippen MR) is 94.0 cm³/mol. The lowest BCUT2D eigenvalue weighted by atomic mass is 10.1. The number of aryl methyl sites for hydroxylation is 1. The van der Waals surface area contributed by atoms with Gasteiger partial charge in [-0.2, -0.15) is 0 Å². The first kappa shape index (κ1) is 15.9. The third kappa shape index (κ3) is 3.16. The normalized spacial score (nSPS) is 18.4. The summed E-state index contributed by atoms with van der Waals surface area (Å²) in [6, 6.07) is 7.96. The van der Waals surface area contributed by atoms with Crippen LogP contribution in [0.2, 0.25) is 0 Å². The highest BCUT2D eigenvalue weighted by Gasteiger charge is 2.30. The number of likely N-dealkylation sites (tertiary alicyclic amines) is 1. The molecule has 4 rings (SSSR count). The van der Waals surface area contributed by atoms with Gasteiger partial charge in [0, 0.05) is 30.6 Å². The maximum atomic E-state index is 13.1. The van der Waals surface area contributed by atoms with Crippen LogP contribution in [0.5, 0.6) is 0 Å². The molecule has 1 saturated heterocycles. The first-order valence-electron chi connectivity index (χ1n) is 8.87. The largest absolute Gasteiger partial charge is 0.423 e. The number of carbonyl (C=O) groups excluding carboxylic acids is 1.